The molecule has 1 N–H and O–H groups in total. The Hall–Kier alpha value is -1.36. The summed E-state index contributed by atoms with van der Waals surface area (Å²) in [6.07, 6.45) is 3.24. The molecule has 5 heteroatoms. The average Bonchev–Trinajstić information content (AvgIpc) is 2.70. The van der Waals surface area contributed by atoms with E-state index >= 15 is 0 Å². The number of H-pyrrole nitrogens is 1. The minimum Gasteiger partial charge on any atom is -0.481 e. The molecule has 78 valence electrons. The van der Waals surface area contributed by atoms with Crippen LogP contribution in [-0.2, 0) is 0 Å². The van der Waals surface area contributed by atoms with E-state index < -0.39 is 0 Å². The number of hydrogen-bond acceptors (Lipinski definition) is 3. The van der Waals surface area contributed by atoms with E-state index in [2.05, 4.69) is 31.1 Å². The molecule has 0 radical (unpaired) electrons. The van der Waals surface area contributed by atoms with Crippen molar-refractivity contribution in [2.24, 2.45) is 0 Å². The summed E-state index contributed by atoms with van der Waals surface area (Å²) in [6, 6.07) is 5.74. The molecule has 1 unspecified atom stereocenters. The summed E-state index contributed by atoms with van der Waals surface area (Å²) >= 11 is 3.32. The van der Waals surface area contributed by atoms with E-state index in [1.807, 2.05) is 25.1 Å². The molecule has 0 spiro atoms. The second-order valence-corrected chi connectivity index (χ2v) is 3.89. The van der Waals surface area contributed by atoms with E-state index in [0.29, 0.717) is 5.75 Å². The predicted octanol–water partition coefficient (Wildman–Crippen LogP) is 2.71. The fourth-order valence-corrected chi connectivity index (χ4v) is 1.58. The largest absolute Gasteiger partial charge is 0.481 e. The highest BCUT2D eigenvalue weighted by Crippen LogP contribution is 2.19. The molecule has 0 saturated heterocycles. The second-order valence-electron chi connectivity index (χ2n) is 3.08. The highest BCUT2D eigenvalue weighted by molar-refractivity contribution is 9.10. The van der Waals surface area contributed by atoms with Crippen molar-refractivity contribution in [2.75, 3.05) is 0 Å². The van der Waals surface area contributed by atoms with E-state index in [4.69, 9.17) is 4.74 Å². The first-order chi connectivity index (χ1) is 7.25. The van der Waals surface area contributed by atoms with Crippen molar-refractivity contribution >= 4 is 15.9 Å². The zero-order chi connectivity index (χ0) is 10.7. The molecular formula is C10H10BrN3O. The molecule has 0 aliphatic heterocycles. The van der Waals surface area contributed by atoms with Crippen LogP contribution >= 0.6 is 15.9 Å². The van der Waals surface area contributed by atoms with Crippen LogP contribution in [-0.4, -0.2) is 15.2 Å². The van der Waals surface area contributed by atoms with Gasteiger partial charge in [0, 0.05) is 0 Å². The molecule has 2 aromatic heterocycles. The molecular weight excluding hydrogens is 258 g/mol. The smallest absolute Gasteiger partial charge is 0.157 e. The zero-order valence-corrected chi connectivity index (χ0v) is 9.73. The van der Waals surface area contributed by atoms with Crippen LogP contribution in [0.15, 0.2) is 35.2 Å². The fraction of sp³-hybridized carbons (Fsp3) is 0.200. The lowest BCUT2D eigenvalue weighted by Crippen LogP contribution is -2.04. The first kappa shape index (κ1) is 10.2. The van der Waals surface area contributed by atoms with Crippen molar-refractivity contribution in [1.82, 2.24) is 15.2 Å². The summed E-state index contributed by atoms with van der Waals surface area (Å²) in [6.45, 7) is 1.95. The van der Waals surface area contributed by atoms with Crippen LogP contribution in [0.25, 0.3) is 0 Å². The minimum absolute atomic E-state index is 0.0971. The zero-order valence-electron chi connectivity index (χ0n) is 8.14. The summed E-state index contributed by atoms with van der Waals surface area (Å²) in [5.74, 6) is 0.712. The maximum atomic E-state index is 5.62. The number of halogens is 1. The molecule has 0 saturated carbocycles. The molecule has 0 fully saturated rings. The number of nitrogens with zero attached hydrogens (tertiary/aromatic N) is 2. The molecule has 0 aliphatic carbocycles. The third-order valence-corrected chi connectivity index (χ3v) is 2.38. The van der Waals surface area contributed by atoms with Crippen LogP contribution < -0.4 is 4.74 Å². The highest BCUT2D eigenvalue weighted by Gasteiger charge is 2.09. The van der Waals surface area contributed by atoms with Crippen LogP contribution in [0.4, 0.5) is 0 Å². The SMILES string of the molecule is CC(Oc1cn[nH]c1)c1cccc(Br)n1. The third-order valence-electron chi connectivity index (χ3n) is 1.94. The van der Waals surface area contributed by atoms with Gasteiger partial charge in [-0.15, -0.1) is 0 Å². The standard InChI is InChI=1S/C10H10BrN3O/c1-7(15-8-5-12-13-6-8)9-3-2-4-10(11)14-9/h2-7H,1H3,(H,12,13). The molecule has 2 aromatic rings. The Labute approximate surface area is 95.8 Å². The fourth-order valence-electron chi connectivity index (χ4n) is 1.22. The van der Waals surface area contributed by atoms with Gasteiger partial charge in [-0.3, -0.25) is 5.10 Å². The number of hydrogen-bond donors (Lipinski definition) is 1. The number of nitrogens with one attached hydrogen (secondary N) is 1. The van der Waals surface area contributed by atoms with Crippen molar-refractivity contribution in [2.45, 2.75) is 13.0 Å². The van der Waals surface area contributed by atoms with Gasteiger partial charge in [0.25, 0.3) is 0 Å². The molecule has 2 rings (SSSR count). The first-order valence-corrected chi connectivity index (χ1v) is 5.33. The Morgan fingerprint density at radius 1 is 1.47 bits per heavy atom. The summed E-state index contributed by atoms with van der Waals surface area (Å²) in [7, 11) is 0. The van der Waals surface area contributed by atoms with Gasteiger partial charge in [0.2, 0.25) is 0 Å². The number of pyridine rings is 1. The van der Waals surface area contributed by atoms with Crippen molar-refractivity contribution in [1.29, 1.82) is 0 Å². The van der Waals surface area contributed by atoms with Crippen LogP contribution in [0.2, 0.25) is 0 Å². The summed E-state index contributed by atoms with van der Waals surface area (Å²) in [5.41, 5.74) is 0.880. The van der Waals surface area contributed by atoms with Crippen LogP contribution in [0.5, 0.6) is 5.75 Å². The van der Waals surface area contributed by atoms with Gasteiger partial charge in [-0.2, -0.15) is 5.10 Å². The first-order valence-electron chi connectivity index (χ1n) is 4.53. The Morgan fingerprint density at radius 2 is 2.33 bits per heavy atom. The number of ether oxygens (including phenoxy) is 1. The monoisotopic (exact) mass is 267 g/mol. The van der Waals surface area contributed by atoms with E-state index in [9.17, 15) is 0 Å². The Balaban J connectivity index is 2.11. The maximum absolute atomic E-state index is 5.62. The van der Waals surface area contributed by atoms with E-state index in [1.54, 1.807) is 12.4 Å². The lowest BCUT2D eigenvalue weighted by atomic mass is 10.2. The van der Waals surface area contributed by atoms with E-state index in [-0.39, 0.29) is 6.10 Å². The topological polar surface area (TPSA) is 50.8 Å². The molecule has 0 aliphatic rings. The molecule has 1 atom stereocenters. The van der Waals surface area contributed by atoms with Gasteiger partial charge in [0.15, 0.2) is 5.75 Å². The van der Waals surface area contributed by atoms with Crippen LogP contribution in [0.3, 0.4) is 0 Å². The van der Waals surface area contributed by atoms with Crippen molar-refractivity contribution in [3.63, 3.8) is 0 Å². The quantitative estimate of drug-likeness (QED) is 0.871. The normalized spacial score (nSPS) is 12.4. The molecule has 0 aromatic carbocycles. The van der Waals surface area contributed by atoms with Gasteiger partial charge in [-0.1, -0.05) is 6.07 Å². The van der Waals surface area contributed by atoms with Crippen molar-refractivity contribution in [3.8, 4) is 5.75 Å². The molecule has 0 amide bonds. The number of aromatic amines is 1. The van der Waals surface area contributed by atoms with Gasteiger partial charge >= 0.3 is 0 Å². The second kappa shape index (κ2) is 4.44. The Morgan fingerprint density at radius 3 is 3.00 bits per heavy atom. The molecule has 4 nitrogen and oxygen atoms in total. The summed E-state index contributed by atoms with van der Waals surface area (Å²) < 4.78 is 6.43. The van der Waals surface area contributed by atoms with Gasteiger partial charge in [-0.25, -0.2) is 4.98 Å². The van der Waals surface area contributed by atoms with E-state index in [0.717, 1.165) is 10.3 Å². The molecule has 15 heavy (non-hydrogen) atoms. The lowest BCUT2D eigenvalue weighted by Gasteiger charge is -2.12. The highest BCUT2D eigenvalue weighted by atomic mass is 79.9. The van der Waals surface area contributed by atoms with Gasteiger partial charge in [-0.05, 0) is 35.0 Å². The number of rotatable bonds is 3. The predicted molar refractivity (Wildman–Crippen MR) is 59.6 cm³/mol. The third kappa shape index (κ3) is 2.56. The summed E-state index contributed by atoms with van der Waals surface area (Å²) in [5, 5.41) is 6.50. The van der Waals surface area contributed by atoms with Gasteiger partial charge < -0.3 is 4.74 Å². The minimum atomic E-state index is -0.0971. The number of aromatic nitrogens is 3. The van der Waals surface area contributed by atoms with Crippen molar-refractivity contribution < 1.29 is 4.74 Å². The van der Waals surface area contributed by atoms with Gasteiger partial charge in [0.05, 0.1) is 18.1 Å². The summed E-state index contributed by atoms with van der Waals surface area (Å²) in [4.78, 5) is 4.31. The Kier molecular flexibility index (Phi) is 3.01. The molecule has 2 heterocycles. The van der Waals surface area contributed by atoms with Crippen LogP contribution in [0.1, 0.15) is 18.7 Å². The van der Waals surface area contributed by atoms with E-state index in [1.165, 1.54) is 0 Å². The average molecular weight is 268 g/mol. The maximum Gasteiger partial charge on any atom is 0.157 e. The lowest BCUT2D eigenvalue weighted by molar-refractivity contribution is 0.222. The van der Waals surface area contributed by atoms with Crippen LogP contribution in [0, 0.1) is 0 Å². The Bertz CT molecular complexity index is 430. The van der Waals surface area contributed by atoms with Gasteiger partial charge in [0.1, 0.15) is 10.7 Å². The molecule has 0 bridgehead atoms. The van der Waals surface area contributed by atoms with Crippen molar-refractivity contribution in [3.05, 3.63) is 40.9 Å².